The number of hydrogen-bond acceptors (Lipinski definition) is 6. The molecular formula is C28H30N2O6S. The Morgan fingerprint density at radius 2 is 1.73 bits per heavy atom. The minimum atomic E-state index is -3.93. The predicted molar refractivity (Wildman–Crippen MR) is 142 cm³/mol. The standard InChI is InChI=1S/C28H30N2O6S/c1-18-7-14-25(35-3)26(16-18)37(33,34)30-15-5-6-21-8-9-22(17-24(21)30)27(31)29-23-12-10-20(11-13-23)19(2)28(32)36-4/h7-14,16-17,19H,5-6,15H2,1-4H3,(H,29,31). The monoisotopic (exact) mass is 522 g/mol. The molecule has 1 aliphatic heterocycles. The summed E-state index contributed by atoms with van der Waals surface area (Å²) in [5.74, 6) is -0.854. The average Bonchev–Trinajstić information content (AvgIpc) is 2.91. The third kappa shape index (κ3) is 5.32. The van der Waals surface area contributed by atoms with Gasteiger partial charge in [-0.05, 0) is 79.8 Å². The number of methoxy groups -OCH3 is 2. The third-order valence-corrected chi connectivity index (χ3v) is 8.37. The van der Waals surface area contributed by atoms with Crippen LogP contribution in [-0.2, 0) is 26.0 Å². The van der Waals surface area contributed by atoms with E-state index in [1.807, 2.05) is 6.92 Å². The fraction of sp³-hybridized carbons (Fsp3) is 0.286. The second kappa shape index (κ2) is 10.6. The molecule has 4 rings (SSSR count). The Morgan fingerprint density at radius 3 is 2.41 bits per heavy atom. The van der Waals surface area contributed by atoms with Crippen molar-refractivity contribution in [3.05, 3.63) is 82.9 Å². The molecule has 1 heterocycles. The number of anilines is 2. The first-order valence-electron chi connectivity index (χ1n) is 11.9. The molecule has 0 aromatic heterocycles. The van der Waals surface area contributed by atoms with Gasteiger partial charge >= 0.3 is 5.97 Å². The lowest BCUT2D eigenvalue weighted by Gasteiger charge is -2.31. The Hall–Kier alpha value is -3.85. The number of aryl methyl sites for hydroxylation is 2. The van der Waals surface area contributed by atoms with Crippen LogP contribution in [0.2, 0.25) is 0 Å². The summed E-state index contributed by atoms with van der Waals surface area (Å²) in [7, 11) is -1.14. The molecule has 1 atom stereocenters. The summed E-state index contributed by atoms with van der Waals surface area (Å²) < 4.78 is 38.9. The molecule has 1 amide bonds. The van der Waals surface area contributed by atoms with Crippen LogP contribution in [0.3, 0.4) is 0 Å². The molecular weight excluding hydrogens is 492 g/mol. The van der Waals surface area contributed by atoms with Crippen LogP contribution in [0, 0.1) is 6.92 Å². The zero-order valence-corrected chi connectivity index (χ0v) is 22.1. The lowest BCUT2D eigenvalue weighted by atomic mass is 10.0. The van der Waals surface area contributed by atoms with Crippen LogP contribution >= 0.6 is 0 Å². The third-order valence-electron chi connectivity index (χ3n) is 6.53. The number of sulfonamides is 1. The maximum absolute atomic E-state index is 13.7. The summed E-state index contributed by atoms with van der Waals surface area (Å²) in [4.78, 5) is 24.9. The first-order chi connectivity index (χ1) is 17.6. The van der Waals surface area contributed by atoms with Crippen LogP contribution < -0.4 is 14.4 Å². The molecule has 0 aliphatic carbocycles. The summed E-state index contributed by atoms with van der Waals surface area (Å²) in [5.41, 5.74) is 3.81. The van der Waals surface area contributed by atoms with Crippen molar-refractivity contribution in [2.75, 3.05) is 30.4 Å². The van der Waals surface area contributed by atoms with Gasteiger partial charge in [-0.3, -0.25) is 13.9 Å². The van der Waals surface area contributed by atoms with E-state index in [0.717, 1.165) is 16.7 Å². The number of ether oxygens (including phenoxy) is 2. The van der Waals surface area contributed by atoms with Crippen molar-refractivity contribution in [3.63, 3.8) is 0 Å². The van der Waals surface area contributed by atoms with E-state index in [1.54, 1.807) is 67.6 Å². The van der Waals surface area contributed by atoms with Crippen molar-refractivity contribution in [2.45, 2.75) is 37.5 Å². The van der Waals surface area contributed by atoms with Gasteiger partial charge in [0.05, 0.1) is 25.8 Å². The zero-order valence-electron chi connectivity index (χ0n) is 21.3. The number of benzene rings is 3. The lowest BCUT2D eigenvalue weighted by Crippen LogP contribution is -2.36. The van der Waals surface area contributed by atoms with Gasteiger partial charge in [-0.25, -0.2) is 8.42 Å². The van der Waals surface area contributed by atoms with E-state index < -0.39 is 15.9 Å². The van der Waals surface area contributed by atoms with Crippen LogP contribution in [0.4, 0.5) is 11.4 Å². The molecule has 9 heteroatoms. The summed E-state index contributed by atoms with van der Waals surface area (Å²) in [6, 6.07) is 17.1. The van der Waals surface area contributed by atoms with Crippen molar-refractivity contribution in [3.8, 4) is 5.75 Å². The highest BCUT2D eigenvalue weighted by molar-refractivity contribution is 7.93. The molecule has 8 nitrogen and oxygen atoms in total. The summed E-state index contributed by atoms with van der Waals surface area (Å²) in [6.07, 6.45) is 1.39. The first kappa shape index (κ1) is 26.2. The smallest absolute Gasteiger partial charge is 0.312 e. The fourth-order valence-electron chi connectivity index (χ4n) is 4.41. The highest BCUT2D eigenvalue weighted by atomic mass is 32.2. The van der Waals surface area contributed by atoms with Gasteiger partial charge in [0.1, 0.15) is 10.6 Å². The van der Waals surface area contributed by atoms with E-state index in [4.69, 9.17) is 9.47 Å². The number of hydrogen-bond donors (Lipinski definition) is 1. The molecule has 194 valence electrons. The highest BCUT2D eigenvalue weighted by Gasteiger charge is 2.32. The van der Waals surface area contributed by atoms with E-state index in [-0.39, 0.29) is 22.5 Å². The Morgan fingerprint density at radius 1 is 1.00 bits per heavy atom. The normalized spacial score (nSPS) is 13.9. The van der Waals surface area contributed by atoms with Gasteiger partial charge in [0.2, 0.25) is 0 Å². The Labute approximate surface area is 217 Å². The van der Waals surface area contributed by atoms with Gasteiger partial charge in [-0.15, -0.1) is 0 Å². The van der Waals surface area contributed by atoms with Crippen LogP contribution in [-0.4, -0.2) is 41.1 Å². The first-order valence-corrected chi connectivity index (χ1v) is 13.4. The van der Waals surface area contributed by atoms with Gasteiger partial charge in [-0.1, -0.05) is 24.3 Å². The Kier molecular flexibility index (Phi) is 7.54. The van der Waals surface area contributed by atoms with Crippen molar-refractivity contribution >= 4 is 33.3 Å². The Balaban J connectivity index is 1.61. The maximum Gasteiger partial charge on any atom is 0.312 e. The zero-order chi connectivity index (χ0) is 26.7. The van der Waals surface area contributed by atoms with E-state index in [1.165, 1.54) is 18.5 Å². The van der Waals surface area contributed by atoms with Gasteiger partial charge < -0.3 is 14.8 Å². The summed E-state index contributed by atoms with van der Waals surface area (Å²) in [6.45, 7) is 3.88. The summed E-state index contributed by atoms with van der Waals surface area (Å²) in [5, 5.41) is 2.84. The molecule has 0 fully saturated rings. The van der Waals surface area contributed by atoms with Crippen LogP contribution in [0.25, 0.3) is 0 Å². The number of rotatable bonds is 7. The molecule has 0 radical (unpaired) electrons. The quantitative estimate of drug-likeness (QED) is 0.453. The van der Waals surface area contributed by atoms with Gasteiger partial charge in [0, 0.05) is 17.8 Å². The van der Waals surface area contributed by atoms with Crippen molar-refractivity contribution in [2.24, 2.45) is 0 Å². The van der Waals surface area contributed by atoms with Crippen molar-refractivity contribution in [1.29, 1.82) is 0 Å². The molecule has 3 aromatic rings. The largest absolute Gasteiger partial charge is 0.495 e. The predicted octanol–water partition coefficient (Wildman–Crippen LogP) is 4.67. The van der Waals surface area contributed by atoms with Gasteiger partial charge in [-0.2, -0.15) is 0 Å². The van der Waals surface area contributed by atoms with E-state index >= 15 is 0 Å². The molecule has 1 aliphatic rings. The minimum absolute atomic E-state index is 0.0963. The van der Waals surface area contributed by atoms with E-state index in [2.05, 4.69) is 5.32 Å². The SMILES string of the molecule is COC(=O)C(C)c1ccc(NC(=O)c2ccc3c(c2)N(S(=O)(=O)c2cc(C)ccc2OC)CCC3)cc1. The average molecular weight is 523 g/mol. The highest BCUT2D eigenvalue weighted by Crippen LogP contribution is 2.36. The molecule has 1 N–H and O–H groups in total. The minimum Gasteiger partial charge on any atom is -0.495 e. The second-order valence-corrected chi connectivity index (χ2v) is 10.8. The number of nitrogens with one attached hydrogen (secondary N) is 1. The van der Waals surface area contributed by atoms with E-state index in [0.29, 0.717) is 36.3 Å². The number of amides is 1. The molecule has 37 heavy (non-hydrogen) atoms. The fourth-order valence-corrected chi connectivity index (χ4v) is 6.18. The van der Waals surface area contributed by atoms with Crippen LogP contribution in [0.15, 0.2) is 65.6 Å². The maximum atomic E-state index is 13.7. The van der Waals surface area contributed by atoms with Crippen LogP contribution in [0.1, 0.15) is 46.3 Å². The molecule has 0 saturated carbocycles. The number of fused-ring (bicyclic) bond motifs is 1. The topological polar surface area (TPSA) is 102 Å². The number of nitrogens with zero attached hydrogens (tertiary/aromatic N) is 1. The van der Waals surface area contributed by atoms with Gasteiger partial charge in [0.25, 0.3) is 15.9 Å². The molecule has 0 spiro atoms. The molecule has 0 saturated heterocycles. The summed E-state index contributed by atoms with van der Waals surface area (Å²) >= 11 is 0. The Bertz CT molecular complexity index is 1430. The lowest BCUT2D eigenvalue weighted by molar-refractivity contribution is -0.142. The van der Waals surface area contributed by atoms with E-state index in [9.17, 15) is 18.0 Å². The molecule has 3 aromatic carbocycles. The van der Waals surface area contributed by atoms with Crippen molar-refractivity contribution in [1.82, 2.24) is 0 Å². The molecule has 1 unspecified atom stereocenters. The second-order valence-electron chi connectivity index (χ2n) is 9.00. The number of esters is 1. The number of carbonyl (C=O) groups is 2. The molecule has 0 bridgehead atoms. The van der Waals surface area contributed by atoms with Crippen molar-refractivity contribution < 1.29 is 27.5 Å². The van der Waals surface area contributed by atoms with Gasteiger partial charge in [0.15, 0.2) is 0 Å². The number of carbonyl (C=O) groups excluding carboxylic acids is 2. The van der Waals surface area contributed by atoms with Crippen LogP contribution in [0.5, 0.6) is 5.75 Å².